The van der Waals surface area contributed by atoms with Gasteiger partial charge in [0.05, 0.1) is 10.5 Å². The molecule has 25 heavy (non-hydrogen) atoms. The molecule has 0 aliphatic rings. The van der Waals surface area contributed by atoms with E-state index in [0.717, 1.165) is 0 Å². The average molecular weight is 364 g/mol. The summed E-state index contributed by atoms with van der Waals surface area (Å²) in [6.45, 7) is 1.34. The second-order valence-corrected chi connectivity index (χ2v) is 5.48. The summed E-state index contributed by atoms with van der Waals surface area (Å²) in [5.74, 6) is -1.52. The van der Waals surface area contributed by atoms with Gasteiger partial charge >= 0.3 is 5.97 Å². The number of nitrogens with zero attached hydrogens (tertiary/aromatic N) is 1. The van der Waals surface area contributed by atoms with E-state index in [1.807, 2.05) is 0 Å². The molecule has 2 aromatic rings. The quantitative estimate of drug-likeness (QED) is 0.364. The first-order chi connectivity index (χ1) is 11.8. The van der Waals surface area contributed by atoms with Gasteiger partial charge in [-0.15, -0.1) is 0 Å². The van der Waals surface area contributed by atoms with Crippen LogP contribution in [0.1, 0.15) is 17.3 Å². The van der Waals surface area contributed by atoms with E-state index < -0.39 is 22.9 Å². The zero-order valence-electron chi connectivity index (χ0n) is 13.1. The number of benzene rings is 2. The molecule has 0 bridgehead atoms. The number of esters is 1. The van der Waals surface area contributed by atoms with Crippen molar-refractivity contribution in [3.63, 3.8) is 0 Å². The van der Waals surface area contributed by atoms with Crippen LogP contribution in [0.3, 0.4) is 0 Å². The number of amides is 1. The van der Waals surface area contributed by atoms with Crippen molar-refractivity contribution in [3.05, 3.63) is 63.2 Å². The number of nitrogen functional groups attached to an aromatic ring is 1. The number of carbonyl (C=O) groups is 2. The van der Waals surface area contributed by atoms with E-state index in [9.17, 15) is 19.7 Å². The Bertz CT molecular complexity index is 840. The first-order valence-corrected chi connectivity index (χ1v) is 7.47. The Kier molecular flexibility index (Phi) is 5.56. The van der Waals surface area contributed by atoms with E-state index in [2.05, 4.69) is 5.32 Å². The van der Waals surface area contributed by atoms with E-state index in [0.29, 0.717) is 5.02 Å². The molecule has 0 aliphatic heterocycles. The molecule has 3 N–H and O–H groups in total. The smallest absolute Gasteiger partial charge is 0.341 e. The summed E-state index contributed by atoms with van der Waals surface area (Å²) < 4.78 is 5.05. The van der Waals surface area contributed by atoms with Crippen LogP contribution >= 0.6 is 11.6 Å². The minimum Gasteiger partial charge on any atom is -0.449 e. The van der Waals surface area contributed by atoms with Gasteiger partial charge in [0, 0.05) is 16.8 Å². The molecule has 0 heterocycles. The maximum Gasteiger partial charge on any atom is 0.341 e. The molecular weight excluding hydrogens is 350 g/mol. The highest BCUT2D eigenvalue weighted by molar-refractivity contribution is 6.31. The maximum absolute atomic E-state index is 12.1. The highest BCUT2D eigenvalue weighted by Crippen LogP contribution is 2.24. The van der Waals surface area contributed by atoms with Gasteiger partial charge in [0.2, 0.25) is 0 Å². The van der Waals surface area contributed by atoms with Gasteiger partial charge in [0.15, 0.2) is 6.10 Å². The zero-order chi connectivity index (χ0) is 18.6. The van der Waals surface area contributed by atoms with Crippen molar-refractivity contribution in [2.45, 2.75) is 13.0 Å². The second kappa shape index (κ2) is 7.63. The normalized spacial score (nSPS) is 11.4. The lowest BCUT2D eigenvalue weighted by Gasteiger charge is -2.14. The fourth-order valence-corrected chi connectivity index (χ4v) is 2.15. The Morgan fingerprint density at radius 2 is 1.96 bits per heavy atom. The number of nitrogens with two attached hydrogens (primary N) is 1. The Labute approximate surface area is 147 Å². The van der Waals surface area contributed by atoms with Gasteiger partial charge in [0.25, 0.3) is 11.6 Å². The molecule has 0 saturated heterocycles. The van der Waals surface area contributed by atoms with Crippen LogP contribution in [0.2, 0.25) is 5.02 Å². The Morgan fingerprint density at radius 3 is 2.60 bits per heavy atom. The molecule has 9 heteroatoms. The van der Waals surface area contributed by atoms with Gasteiger partial charge in [0.1, 0.15) is 5.69 Å². The molecule has 0 spiro atoms. The lowest BCUT2D eigenvalue weighted by molar-refractivity contribution is -0.383. The van der Waals surface area contributed by atoms with Gasteiger partial charge in [-0.3, -0.25) is 14.9 Å². The van der Waals surface area contributed by atoms with Crippen LogP contribution in [0.5, 0.6) is 0 Å². The van der Waals surface area contributed by atoms with Crippen molar-refractivity contribution in [1.82, 2.24) is 0 Å². The van der Waals surface area contributed by atoms with Crippen molar-refractivity contribution in [3.8, 4) is 0 Å². The van der Waals surface area contributed by atoms with E-state index in [1.165, 1.54) is 49.4 Å². The molecule has 0 aliphatic carbocycles. The third kappa shape index (κ3) is 4.45. The minimum atomic E-state index is -1.19. The molecule has 0 radical (unpaired) electrons. The van der Waals surface area contributed by atoms with Gasteiger partial charge in [-0.25, -0.2) is 4.79 Å². The Hall–Kier alpha value is -3.13. The number of hydrogen-bond donors (Lipinski definition) is 2. The van der Waals surface area contributed by atoms with E-state index >= 15 is 0 Å². The van der Waals surface area contributed by atoms with Crippen molar-refractivity contribution < 1.29 is 19.2 Å². The van der Waals surface area contributed by atoms with Crippen LogP contribution in [0.25, 0.3) is 0 Å². The SMILES string of the molecule is CC(OC(=O)c1ccc(Cl)cc1N)C(=O)Nc1ccccc1[N+](=O)[O-]. The van der Waals surface area contributed by atoms with Crippen LogP contribution < -0.4 is 11.1 Å². The standard InChI is InChI=1S/C16H14ClN3O5/c1-9(25-16(22)11-7-6-10(17)8-12(11)18)15(21)19-13-4-2-3-5-14(13)20(23)24/h2-9H,18H2,1H3,(H,19,21). The van der Waals surface area contributed by atoms with Crippen LogP contribution in [0.15, 0.2) is 42.5 Å². The van der Waals surface area contributed by atoms with Crippen molar-refractivity contribution in [2.75, 3.05) is 11.1 Å². The number of nitrogens with one attached hydrogen (secondary N) is 1. The first kappa shape index (κ1) is 18.2. The second-order valence-electron chi connectivity index (χ2n) is 5.04. The predicted octanol–water partition coefficient (Wildman–Crippen LogP) is 3.01. The number of anilines is 2. The number of rotatable bonds is 5. The number of halogens is 1. The monoisotopic (exact) mass is 363 g/mol. The van der Waals surface area contributed by atoms with Gasteiger partial charge in [-0.1, -0.05) is 23.7 Å². The Balaban J connectivity index is 2.08. The molecule has 130 valence electrons. The summed E-state index contributed by atoms with van der Waals surface area (Å²) in [6.07, 6.45) is -1.19. The molecule has 0 fully saturated rings. The Morgan fingerprint density at radius 1 is 1.28 bits per heavy atom. The molecular formula is C16H14ClN3O5. The van der Waals surface area contributed by atoms with E-state index in [1.54, 1.807) is 0 Å². The summed E-state index contributed by atoms with van der Waals surface area (Å²) in [5, 5.41) is 13.7. The lowest BCUT2D eigenvalue weighted by Crippen LogP contribution is -2.30. The molecule has 0 aromatic heterocycles. The molecule has 8 nitrogen and oxygen atoms in total. The van der Waals surface area contributed by atoms with E-state index in [4.69, 9.17) is 22.1 Å². The van der Waals surface area contributed by atoms with Crippen LogP contribution in [-0.2, 0) is 9.53 Å². The highest BCUT2D eigenvalue weighted by Gasteiger charge is 2.23. The largest absolute Gasteiger partial charge is 0.449 e. The topological polar surface area (TPSA) is 125 Å². The van der Waals surface area contributed by atoms with Crippen LogP contribution in [0.4, 0.5) is 17.1 Å². The molecule has 0 saturated carbocycles. The van der Waals surface area contributed by atoms with Crippen LogP contribution in [-0.4, -0.2) is 22.9 Å². The highest BCUT2D eigenvalue weighted by atomic mass is 35.5. The zero-order valence-corrected chi connectivity index (χ0v) is 13.8. The third-order valence-corrected chi connectivity index (χ3v) is 3.48. The first-order valence-electron chi connectivity index (χ1n) is 7.10. The lowest BCUT2D eigenvalue weighted by atomic mass is 10.2. The molecule has 2 rings (SSSR count). The number of nitro groups is 1. The fourth-order valence-electron chi connectivity index (χ4n) is 1.97. The number of carbonyl (C=O) groups excluding carboxylic acids is 2. The van der Waals surface area contributed by atoms with Crippen molar-refractivity contribution in [1.29, 1.82) is 0 Å². The fraction of sp³-hybridized carbons (Fsp3) is 0.125. The maximum atomic E-state index is 12.1. The number of para-hydroxylation sites is 2. The predicted molar refractivity (Wildman–Crippen MR) is 92.5 cm³/mol. The van der Waals surface area contributed by atoms with Crippen molar-refractivity contribution >= 4 is 40.5 Å². The number of nitro benzene ring substituents is 1. The van der Waals surface area contributed by atoms with Crippen molar-refractivity contribution in [2.24, 2.45) is 0 Å². The molecule has 1 atom stereocenters. The summed E-state index contributed by atoms with van der Waals surface area (Å²) >= 11 is 5.76. The van der Waals surface area contributed by atoms with E-state index in [-0.39, 0.29) is 22.6 Å². The summed E-state index contributed by atoms with van der Waals surface area (Å²) in [5.41, 5.74) is 5.61. The minimum absolute atomic E-state index is 0.00593. The number of hydrogen-bond acceptors (Lipinski definition) is 6. The van der Waals surface area contributed by atoms with Gasteiger partial charge in [-0.2, -0.15) is 0 Å². The van der Waals surface area contributed by atoms with Gasteiger partial charge in [-0.05, 0) is 31.2 Å². The molecule has 2 aromatic carbocycles. The number of ether oxygens (including phenoxy) is 1. The summed E-state index contributed by atoms with van der Waals surface area (Å²) in [6, 6.07) is 9.87. The molecule has 1 unspecified atom stereocenters. The van der Waals surface area contributed by atoms with Gasteiger partial charge < -0.3 is 15.8 Å². The summed E-state index contributed by atoms with van der Waals surface area (Å²) in [4.78, 5) is 34.5. The summed E-state index contributed by atoms with van der Waals surface area (Å²) in [7, 11) is 0. The molecule has 1 amide bonds. The average Bonchev–Trinajstić information content (AvgIpc) is 2.54. The third-order valence-electron chi connectivity index (χ3n) is 3.25. The van der Waals surface area contributed by atoms with Crippen LogP contribution in [0, 0.1) is 10.1 Å².